The Bertz CT molecular complexity index is 383. The van der Waals surface area contributed by atoms with Crippen molar-refractivity contribution < 1.29 is 9.53 Å². The molecule has 0 fully saturated rings. The van der Waals surface area contributed by atoms with Crippen molar-refractivity contribution in [1.29, 1.82) is 0 Å². The molecule has 0 radical (unpaired) electrons. The van der Waals surface area contributed by atoms with Gasteiger partial charge >= 0.3 is 0 Å². The normalized spacial score (nSPS) is 10.2. The van der Waals surface area contributed by atoms with E-state index in [4.69, 9.17) is 4.74 Å². The summed E-state index contributed by atoms with van der Waals surface area (Å²) in [4.78, 5) is 15.9. The molecule has 0 atom stereocenters. The Hall–Kier alpha value is -1.62. The Morgan fingerprint density at radius 1 is 1.32 bits per heavy atom. The number of ether oxygens (including phenoxy) is 1. The molecule has 5 nitrogen and oxygen atoms in total. The molecule has 0 saturated heterocycles. The van der Waals surface area contributed by atoms with Gasteiger partial charge in [0, 0.05) is 39.2 Å². The Morgan fingerprint density at radius 3 is 2.89 bits per heavy atom. The number of hydrogen-bond donors (Lipinski definition) is 2. The Morgan fingerprint density at radius 2 is 2.16 bits per heavy atom. The number of unbranched alkanes of at least 4 members (excludes halogenated alkanes) is 1. The second-order valence-electron chi connectivity index (χ2n) is 4.34. The minimum atomic E-state index is -0.0681. The summed E-state index contributed by atoms with van der Waals surface area (Å²) in [5, 5.41) is 6.10. The number of nitrogens with one attached hydrogen (secondary N) is 2. The van der Waals surface area contributed by atoms with Gasteiger partial charge < -0.3 is 15.4 Å². The van der Waals surface area contributed by atoms with Gasteiger partial charge in [-0.2, -0.15) is 0 Å². The number of nitrogens with zero attached hydrogens (tertiary/aromatic N) is 1. The van der Waals surface area contributed by atoms with Crippen molar-refractivity contribution in [1.82, 2.24) is 10.3 Å². The molecule has 1 aromatic heterocycles. The maximum atomic E-state index is 11.8. The van der Waals surface area contributed by atoms with Gasteiger partial charge in [0.15, 0.2) is 0 Å². The fraction of sp³-hybridized carbons (Fsp3) is 0.571. The van der Waals surface area contributed by atoms with Gasteiger partial charge in [0.05, 0.1) is 11.3 Å². The fourth-order valence-electron chi connectivity index (χ4n) is 1.59. The first-order valence-corrected chi connectivity index (χ1v) is 6.74. The average Bonchev–Trinajstić information content (AvgIpc) is 2.44. The smallest absolute Gasteiger partial charge is 0.252 e. The summed E-state index contributed by atoms with van der Waals surface area (Å²) in [5.41, 5.74) is 1.45. The van der Waals surface area contributed by atoms with Crippen molar-refractivity contribution in [3.63, 3.8) is 0 Å². The first-order valence-electron chi connectivity index (χ1n) is 6.74. The molecule has 0 aromatic carbocycles. The number of anilines is 1. The standard InChI is InChI=1S/C14H23N3O2/c1-3-4-6-17-14(18)12-9-13(11-15-10-12)16-7-5-8-19-2/h9-11,16H,3-8H2,1-2H3,(H,17,18). The predicted molar refractivity (Wildman–Crippen MR) is 76.5 cm³/mol. The third kappa shape index (κ3) is 6.20. The summed E-state index contributed by atoms with van der Waals surface area (Å²) in [5.74, 6) is -0.0681. The van der Waals surface area contributed by atoms with Crippen LogP contribution in [0.25, 0.3) is 0 Å². The monoisotopic (exact) mass is 265 g/mol. The van der Waals surface area contributed by atoms with E-state index in [-0.39, 0.29) is 5.91 Å². The molecule has 0 aliphatic heterocycles. The van der Waals surface area contributed by atoms with Gasteiger partial charge in [0.1, 0.15) is 0 Å². The lowest BCUT2D eigenvalue weighted by Gasteiger charge is -2.08. The molecular formula is C14H23N3O2. The number of carbonyl (C=O) groups excluding carboxylic acids is 1. The molecule has 0 bridgehead atoms. The summed E-state index contributed by atoms with van der Waals surface area (Å²) in [6.07, 6.45) is 6.29. The Kier molecular flexibility index (Phi) is 7.58. The highest BCUT2D eigenvalue weighted by molar-refractivity contribution is 5.94. The summed E-state index contributed by atoms with van der Waals surface area (Å²) in [6, 6.07) is 1.82. The van der Waals surface area contributed by atoms with E-state index in [0.29, 0.717) is 12.1 Å². The van der Waals surface area contributed by atoms with Crippen LogP contribution in [0, 0.1) is 0 Å². The van der Waals surface area contributed by atoms with Gasteiger partial charge in [-0.15, -0.1) is 0 Å². The number of carbonyl (C=O) groups is 1. The van der Waals surface area contributed by atoms with E-state index < -0.39 is 0 Å². The molecule has 1 aromatic rings. The van der Waals surface area contributed by atoms with E-state index >= 15 is 0 Å². The SMILES string of the molecule is CCCCNC(=O)c1cncc(NCCCOC)c1. The zero-order valence-corrected chi connectivity index (χ0v) is 11.7. The van der Waals surface area contributed by atoms with E-state index in [1.165, 1.54) is 0 Å². The van der Waals surface area contributed by atoms with Crippen LogP contribution in [0.5, 0.6) is 0 Å². The highest BCUT2D eigenvalue weighted by Crippen LogP contribution is 2.08. The van der Waals surface area contributed by atoms with Gasteiger partial charge in [-0.25, -0.2) is 0 Å². The number of hydrogen-bond acceptors (Lipinski definition) is 4. The van der Waals surface area contributed by atoms with Crippen molar-refractivity contribution in [2.24, 2.45) is 0 Å². The van der Waals surface area contributed by atoms with Crippen LogP contribution in [-0.4, -0.2) is 37.7 Å². The minimum Gasteiger partial charge on any atom is -0.385 e. The first kappa shape index (κ1) is 15.4. The molecule has 1 amide bonds. The molecule has 0 unspecified atom stereocenters. The highest BCUT2D eigenvalue weighted by atomic mass is 16.5. The predicted octanol–water partition coefficient (Wildman–Crippen LogP) is 2.06. The molecule has 1 heterocycles. The van der Waals surface area contributed by atoms with Crippen LogP contribution in [0.15, 0.2) is 18.5 Å². The lowest BCUT2D eigenvalue weighted by atomic mass is 10.2. The zero-order chi connectivity index (χ0) is 13.9. The van der Waals surface area contributed by atoms with Crippen molar-refractivity contribution in [2.45, 2.75) is 26.2 Å². The summed E-state index contributed by atoms with van der Waals surface area (Å²) < 4.78 is 4.98. The van der Waals surface area contributed by atoms with Gasteiger partial charge in [0.2, 0.25) is 0 Å². The second kappa shape index (κ2) is 9.33. The summed E-state index contributed by atoms with van der Waals surface area (Å²) in [7, 11) is 1.68. The van der Waals surface area contributed by atoms with Crippen molar-refractivity contribution in [3.05, 3.63) is 24.0 Å². The summed E-state index contributed by atoms with van der Waals surface area (Å²) >= 11 is 0. The number of amides is 1. The zero-order valence-electron chi connectivity index (χ0n) is 11.7. The van der Waals surface area contributed by atoms with Crippen LogP contribution in [0.1, 0.15) is 36.5 Å². The van der Waals surface area contributed by atoms with Crippen molar-refractivity contribution in [2.75, 3.05) is 32.1 Å². The summed E-state index contributed by atoms with van der Waals surface area (Å²) in [6.45, 7) is 4.33. The third-order valence-corrected chi connectivity index (χ3v) is 2.67. The van der Waals surface area contributed by atoms with E-state index in [1.54, 1.807) is 19.5 Å². The van der Waals surface area contributed by atoms with E-state index in [9.17, 15) is 4.79 Å². The average molecular weight is 265 g/mol. The molecule has 106 valence electrons. The quantitative estimate of drug-likeness (QED) is 0.671. The second-order valence-corrected chi connectivity index (χ2v) is 4.34. The number of rotatable bonds is 9. The van der Waals surface area contributed by atoms with Crippen LogP contribution in [0.4, 0.5) is 5.69 Å². The van der Waals surface area contributed by atoms with Crippen LogP contribution in [0.2, 0.25) is 0 Å². The van der Waals surface area contributed by atoms with Gasteiger partial charge in [0.25, 0.3) is 5.91 Å². The molecule has 0 spiro atoms. The van der Waals surface area contributed by atoms with Crippen molar-refractivity contribution in [3.8, 4) is 0 Å². The topological polar surface area (TPSA) is 63.2 Å². The maximum Gasteiger partial charge on any atom is 0.252 e. The largest absolute Gasteiger partial charge is 0.385 e. The first-order chi connectivity index (χ1) is 9.27. The van der Waals surface area contributed by atoms with Crippen LogP contribution in [-0.2, 0) is 4.74 Å². The van der Waals surface area contributed by atoms with Crippen LogP contribution < -0.4 is 10.6 Å². The molecule has 0 saturated carbocycles. The van der Waals surface area contributed by atoms with Crippen LogP contribution >= 0.6 is 0 Å². The van der Waals surface area contributed by atoms with E-state index in [2.05, 4.69) is 22.5 Å². The molecule has 2 N–H and O–H groups in total. The highest BCUT2D eigenvalue weighted by Gasteiger charge is 2.05. The number of pyridine rings is 1. The number of aromatic nitrogens is 1. The number of methoxy groups -OCH3 is 1. The molecule has 5 heteroatoms. The molecule has 1 rings (SSSR count). The van der Waals surface area contributed by atoms with E-state index in [0.717, 1.165) is 38.1 Å². The lowest BCUT2D eigenvalue weighted by molar-refractivity contribution is 0.0953. The molecule has 0 aliphatic carbocycles. The van der Waals surface area contributed by atoms with Crippen molar-refractivity contribution >= 4 is 11.6 Å². The Balaban J connectivity index is 2.44. The third-order valence-electron chi connectivity index (χ3n) is 2.67. The molecule has 19 heavy (non-hydrogen) atoms. The maximum absolute atomic E-state index is 11.8. The molecule has 0 aliphatic rings. The van der Waals surface area contributed by atoms with E-state index in [1.807, 2.05) is 6.07 Å². The minimum absolute atomic E-state index is 0.0681. The van der Waals surface area contributed by atoms with Crippen LogP contribution in [0.3, 0.4) is 0 Å². The van der Waals surface area contributed by atoms with Gasteiger partial charge in [-0.1, -0.05) is 13.3 Å². The van der Waals surface area contributed by atoms with Gasteiger partial charge in [-0.05, 0) is 18.9 Å². The molecular weight excluding hydrogens is 242 g/mol. The Labute approximate surface area is 114 Å². The lowest BCUT2D eigenvalue weighted by Crippen LogP contribution is -2.24. The van der Waals surface area contributed by atoms with Gasteiger partial charge in [-0.3, -0.25) is 9.78 Å². The fourth-order valence-corrected chi connectivity index (χ4v) is 1.59.